The maximum absolute atomic E-state index is 14.5. The molecule has 0 aliphatic heterocycles. The summed E-state index contributed by atoms with van der Waals surface area (Å²) < 4.78 is 38.9. The fraction of sp³-hybridized carbons (Fsp3) is 0.636. The molecule has 26 heavy (non-hydrogen) atoms. The number of halogens is 2. The smallest absolute Gasteiger partial charge is 0.200 e. The van der Waals surface area contributed by atoms with Crippen molar-refractivity contribution in [3.05, 3.63) is 41.2 Å². The highest BCUT2D eigenvalue weighted by atomic mass is 19.2. The van der Waals surface area contributed by atoms with Crippen molar-refractivity contribution in [1.29, 1.82) is 0 Å². The molecule has 3 rings (SSSR count). The standard InChI is InChI=1S/C22H30F2O2/c1-3-26-20-13-12-19(21(23)22(20)24)18-10-8-17(9-11-18)16-6-4-15(5-7-16)14-25-2/h12-14,16-18H,3-11H2,1-2H3/t16?,17-,18-. The summed E-state index contributed by atoms with van der Waals surface area (Å²) in [7, 11) is 1.71. The second-order valence-electron chi connectivity index (χ2n) is 7.67. The lowest BCUT2D eigenvalue weighted by Gasteiger charge is -2.36. The van der Waals surface area contributed by atoms with Crippen LogP contribution in [0, 0.1) is 23.5 Å². The van der Waals surface area contributed by atoms with Crippen LogP contribution >= 0.6 is 0 Å². The highest BCUT2D eigenvalue weighted by Crippen LogP contribution is 2.44. The lowest BCUT2D eigenvalue weighted by molar-refractivity contribution is 0.196. The number of benzene rings is 1. The predicted octanol–water partition coefficient (Wildman–Crippen LogP) is 6.36. The van der Waals surface area contributed by atoms with Gasteiger partial charge in [-0.2, -0.15) is 4.39 Å². The van der Waals surface area contributed by atoms with Gasteiger partial charge >= 0.3 is 0 Å². The summed E-state index contributed by atoms with van der Waals surface area (Å²) in [5.41, 5.74) is 1.95. The van der Waals surface area contributed by atoms with Gasteiger partial charge in [-0.25, -0.2) is 4.39 Å². The van der Waals surface area contributed by atoms with Crippen molar-refractivity contribution in [1.82, 2.24) is 0 Å². The molecule has 0 aromatic heterocycles. The van der Waals surface area contributed by atoms with E-state index in [2.05, 4.69) is 0 Å². The fourth-order valence-corrected chi connectivity index (χ4v) is 4.80. The van der Waals surface area contributed by atoms with Crippen molar-refractivity contribution >= 4 is 0 Å². The van der Waals surface area contributed by atoms with Crippen molar-refractivity contribution in [2.24, 2.45) is 11.8 Å². The van der Waals surface area contributed by atoms with Crippen LogP contribution in [0.2, 0.25) is 0 Å². The molecule has 0 radical (unpaired) electrons. The number of rotatable bonds is 5. The van der Waals surface area contributed by atoms with Gasteiger partial charge in [0.05, 0.1) is 20.0 Å². The van der Waals surface area contributed by atoms with Crippen molar-refractivity contribution < 1.29 is 18.3 Å². The Labute approximate surface area is 155 Å². The molecular formula is C22H30F2O2. The number of allylic oxidation sites excluding steroid dienone is 1. The Bertz CT molecular complexity index is 623. The molecule has 2 aliphatic rings. The van der Waals surface area contributed by atoms with Gasteiger partial charge in [0.25, 0.3) is 0 Å². The predicted molar refractivity (Wildman–Crippen MR) is 99.3 cm³/mol. The lowest BCUT2D eigenvalue weighted by Crippen LogP contribution is -2.24. The van der Waals surface area contributed by atoms with Crippen LogP contribution in [0.25, 0.3) is 0 Å². The van der Waals surface area contributed by atoms with Crippen molar-refractivity contribution in [2.45, 2.75) is 64.2 Å². The Kier molecular flexibility index (Phi) is 6.55. The molecule has 2 saturated carbocycles. The molecule has 2 fully saturated rings. The average molecular weight is 364 g/mol. The SMILES string of the molecule is CCOc1ccc([C@H]2CC[C@H](C3CCC(=COC)CC3)CC2)c(F)c1F. The normalized spacial score (nSPS) is 26.5. The van der Waals surface area contributed by atoms with Gasteiger partial charge in [0.15, 0.2) is 11.6 Å². The quantitative estimate of drug-likeness (QED) is 0.566. The topological polar surface area (TPSA) is 18.5 Å². The van der Waals surface area contributed by atoms with Crippen LogP contribution in [0.1, 0.15) is 69.8 Å². The molecule has 0 atom stereocenters. The van der Waals surface area contributed by atoms with Crippen LogP contribution in [0.4, 0.5) is 8.78 Å². The van der Waals surface area contributed by atoms with Gasteiger partial charge in [-0.1, -0.05) is 6.07 Å². The third kappa shape index (κ3) is 4.21. The highest BCUT2D eigenvalue weighted by molar-refractivity contribution is 5.33. The molecular weight excluding hydrogens is 334 g/mol. The van der Waals surface area contributed by atoms with E-state index in [1.54, 1.807) is 26.2 Å². The average Bonchev–Trinajstić information content (AvgIpc) is 2.67. The molecule has 2 aliphatic carbocycles. The van der Waals surface area contributed by atoms with Crippen LogP contribution in [0.15, 0.2) is 24.0 Å². The fourth-order valence-electron chi connectivity index (χ4n) is 4.80. The minimum absolute atomic E-state index is 0.0181. The van der Waals surface area contributed by atoms with E-state index in [0.717, 1.165) is 50.4 Å². The Hall–Kier alpha value is -1.58. The van der Waals surface area contributed by atoms with E-state index in [4.69, 9.17) is 9.47 Å². The number of hydrogen-bond donors (Lipinski definition) is 0. The van der Waals surface area contributed by atoms with Crippen molar-refractivity contribution in [2.75, 3.05) is 13.7 Å². The Morgan fingerprint density at radius 1 is 0.962 bits per heavy atom. The highest BCUT2D eigenvalue weighted by Gasteiger charge is 2.31. The third-order valence-electron chi connectivity index (χ3n) is 6.21. The van der Waals surface area contributed by atoms with Crippen LogP contribution in [-0.2, 0) is 4.74 Å². The first-order chi connectivity index (χ1) is 12.6. The van der Waals surface area contributed by atoms with E-state index in [1.165, 1.54) is 18.4 Å². The van der Waals surface area contributed by atoms with Crippen LogP contribution < -0.4 is 4.74 Å². The van der Waals surface area contributed by atoms with Gasteiger partial charge in [-0.3, -0.25) is 0 Å². The molecule has 0 N–H and O–H groups in total. The largest absolute Gasteiger partial charge is 0.504 e. The Morgan fingerprint density at radius 2 is 1.62 bits per heavy atom. The molecule has 0 spiro atoms. The zero-order chi connectivity index (χ0) is 18.5. The first-order valence-electron chi connectivity index (χ1n) is 9.95. The van der Waals surface area contributed by atoms with E-state index < -0.39 is 11.6 Å². The van der Waals surface area contributed by atoms with Gasteiger partial charge in [0, 0.05) is 0 Å². The van der Waals surface area contributed by atoms with Gasteiger partial charge in [-0.05, 0) is 93.2 Å². The second kappa shape index (κ2) is 8.88. The summed E-state index contributed by atoms with van der Waals surface area (Å²) in [4.78, 5) is 0. The van der Waals surface area contributed by atoms with Gasteiger partial charge in [-0.15, -0.1) is 0 Å². The minimum atomic E-state index is -0.837. The summed E-state index contributed by atoms with van der Waals surface area (Å²) >= 11 is 0. The summed E-state index contributed by atoms with van der Waals surface area (Å²) in [5, 5.41) is 0. The number of hydrogen-bond acceptors (Lipinski definition) is 2. The first kappa shape index (κ1) is 19.2. The van der Waals surface area contributed by atoms with Crippen molar-refractivity contribution in [3.63, 3.8) is 0 Å². The second-order valence-corrected chi connectivity index (χ2v) is 7.67. The molecule has 0 unspecified atom stereocenters. The molecule has 1 aromatic rings. The molecule has 0 amide bonds. The first-order valence-corrected chi connectivity index (χ1v) is 9.95. The molecule has 1 aromatic carbocycles. The third-order valence-corrected chi connectivity index (χ3v) is 6.21. The van der Waals surface area contributed by atoms with E-state index in [9.17, 15) is 8.78 Å². The molecule has 0 heterocycles. The van der Waals surface area contributed by atoms with Crippen LogP contribution in [0.3, 0.4) is 0 Å². The Balaban J connectivity index is 1.57. The maximum Gasteiger partial charge on any atom is 0.200 e. The number of ether oxygens (including phenoxy) is 2. The summed E-state index contributed by atoms with van der Waals surface area (Å²) in [6, 6.07) is 3.30. The zero-order valence-corrected chi connectivity index (χ0v) is 15.9. The van der Waals surface area contributed by atoms with E-state index in [0.29, 0.717) is 12.2 Å². The van der Waals surface area contributed by atoms with E-state index >= 15 is 0 Å². The minimum Gasteiger partial charge on any atom is -0.504 e. The lowest BCUT2D eigenvalue weighted by atomic mass is 9.69. The van der Waals surface area contributed by atoms with Crippen LogP contribution in [0.5, 0.6) is 5.75 Å². The summed E-state index contributed by atoms with van der Waals surface area (Å²) in [6.45, 7) is 2.11. The van der Waals surface area contributed by atoms with Gasteiger partial charge < -0.3 is 9.47 Å². The van der Waals surface area contributed by atoms with E-state index in [-0.39, 0.29) is 11.7 Å². The van der Waals surface area contributed by atoms with Crippen molar-refractivity contribution in [3.8, 4) is 5.75 Å². The Morgan fingerprint density at radius 3 is 2.23 bits per heavy atom. The zero-order valence-electron chi connectivity index (χ0n) is 15.9. The molecule has 2 nitrogen and oxygen atoms in total. The molecule has 0 saturated heterocycles. The molecule has 4 heteroatoms. The summed E-state index contributed by atoms with van der Waals surface area (Å²) in [5.74, 6) is 0.0916. The monoisotopic (exact) mass is 364 g/mol. The maximum atomic E-state index is 14.5. The van der Waals surface area contributed by atoms with Gasteiger partial charge in [0.1, 0.15) is 0 Å². The molecule has 144 valence electrons. The molecule has 0 bridgehead atoms. The number of methoxy groups -OCH3 is 1. The summed E-state index contributed by atoms with van der Waals surface area (Å²) in [6.07, 6.45) is 10.8. The van der Waals surface area contributed by atoms with E-state index in [1.807, 2.05) is 6.26 Å². The van der Waals surface area contributed by atoms with Crippen LogP contribution in [-0.4, -0.2) is 13.7 Å². The van der Waals surface area contributed by atoms with Gasteiger partial charge in [0.2, 0.25) is 5.82 Å².